The first kappa shape index (κ1) is 26.3. The van der Waals surface area contributed by atoms with E-state index in [1.165, 1.54) is 4.90 Å². The average molecular weight is 478 g/mol. The Kier molecular flexibility index (Phi) is 8.60. The van der Waals surface area contributed by atoms with E-state index in [4.69, 9.17) is 21.1 Å². The highest BCUT2D eigenvalue weighted by atomic mass is 35.5. The van der Waals surface area contributed by atoms with E-state index < -0.39 is 29.4 Å². The lowest BCUT2D eigenvalue weighted by Gasteiger charge is -2.31. The normalized spacial score (nSPS) is 12.6. The molecule has 2 rings (SSSR count). The van der Waals surface area contributed by atoms with Crippen LogP contribution in [-0.2, 0) is 9.47 Å². The Morgan fingerprint density at radius 2 is 1.64 bits per heavy atom. The van der Waals surface area contributed by atoms with Crippen LogP contribution in [0.1, 0.15) is 60.3 Å². The van der Waals surface area contributed by atoms with Crippen LogP contribution in [0.3, 0.4) is 0 Å². The summed E-state index contributed by atoms with van der Waals surface area (Å²) in [5.74, 6) is 0.432. The van der Waals surface area contributed by atoms with Gasteiger partial charge in [0.25, 0.3) is 0 Å². The number of carbonyl (C=O) groups excluding carboxylic acids is 2. The number of nitrogens with zero attached hydrogens (tertiary/aromatic N) is 4. The number of nitrogens with one attached hydrogen (secondary N) is 1. The quantitative estimate of drug-likeness (QED) is 0.582. The van der Waals surface area contributed by atoms with Crippen molar-refractivity contribution in [1.82, 2.24) is 25.2 Å². The topological polar surface area (TPSA) is 107 Å². The summed E-state index contributed by atoms with van der Waals surface area (Å²) in [7, 11) is 0. The van der Waals surface area contributed by atoms with Crippen LogP contribution in [0.5, 0.6) is 0 Å². The number of aromatic nitrogens is 3. The van der Waals surface area contributed by atoms with Gasteiger partial charge in [0.2, 0.25) is 0 Å². The molecule has 0 fully saturated rings. The highest BCUT2D eigenvalue weighted by Gasteiger charge is 2.28. The molecular weight excluding hydrogens is 446 g/mol. The van der Waals surface area contributed by atoms with Gasteiger partial charge in [-0.1, -0.05) is 11.6 Å². The maximum absolute atomic E-state index is 12.9. The van der Waals surface area contributed by atoms with Crippen molar-refractivity contribution in [2.75, 3.05) is 13.1 Å². The summed E-state index contributed by atoms with van der Waals surface area (Å²) < 4.78 is 10.8. The molecular formula is C23H32ClN5O4. The van der Waals surface area contributed by atoms with E-state index in [0.29, 0.717) is 11.0 Å². The number of hydrogen-bond donors (Lipinski definition) is 1. The second-order valence-corrected chi connectivity index (χ2v) is 9.86. The number of hydrogen-bond acceptors (Lipinski definition) is 7. The Morgan fingerprint density at radius 1 is 1.03 bits per heavy atom. The zero-order chi connectivity index (χ0) is 24.8. The summed E-state index contributed by atoms with van der Waals surface area (Å²) in [4.78, 5) is 39.2. The van der Waals surface area contributed by atoms with E-state index >= 15 is 0 Å². The number of alkyl carbamates (subject to hydrolysis) is 1. The lowest BCUT2D eigenvalue weighted by Crippen LogP contribution is -2.43. The molecule has 0 spiro atoms. The molecule has 180 valence electrons. The Bertz CT molecular complexity index is 955. The number of rotatable bonds is 6. The van der Waals surface area contributed by atoms with Crippen molar-refractivity contribution in [3.8, 4) is 11.1 Å². The van der Waals surface area contributed by atoms with Crippen molar-refractivity contribution in [3.63, 3.8) is 0 Å². The van der Waals surface area contributed by atoms with Gasteiger partial charge in [-0.2, -0.15) is 0 Å². The second kappa shape index (κ2) is 10.8. The van der Waals surface area contributed by atoms with Crippen LogP contribution in [0.15, 0.2) is 30.7 Å². The first-order valence-electron chi connectivity index (χ1n) is 10.7. The molecule has 33 heavy (non-hydrogen) atoms. The Hall–Kier alpha value is -2.94. The van der Waals surface area contributed by atoms with E-state index in [2.05, 4.69) is 20.3 Å². The Morgan fingerprint density at radius 3 is 2.18 bits per heavy atom. The van der Waals surface area contributed by atoms with Gasteiger partial charge in [-0.25, -0.2) is 24.5 Å². The standard InChI is InChI=1S/C23H32ClN5O4/c1-15(19-27-13-17(14-28-19)16-8-9-25-18(24)12-16)29(21(31)33-23(5,6)7)11-10-26-20(30)32-22(2,3)4/h8-9,12-15H,10-11H2,1-7H3,(H,26,30). The van der Waals surface area contributed by atoms with Crippen LogP contribution < -0.4 is 5.32 Å². The fourth-order valence-corrected chi connectivity index (χ4v) is 2.95. The predicted molar refractivity (Wildman–Crippen MR) is 126 cm³/mol. The van der Waals surface area contributed by atoms with Gasteiger partial charge < -0.3 is 14.8 Å². The summed E-state index contributed by atoms with van der Waals surface area (Å²) in [5.41, 5.74) is 0.306. The molecule has 1 atom stereocenters. The Balaban J connectivity index is 2.15. The van der Waals surface area contributed by atoms with Gasteiger partial charge in [0.15, 0.2) is 5.82 Å². The van der Waals surface area contributed by atoms with Crippen LogP contribution >= 0.6 is 11.6 Å². The summed E-state index contributed by atoms with van der Waals surface area (Å²) >= 11 is 5.96. The molecule has 0 aliphatic heterocycles. The Labute approximate surface area is 199 Å². The third kappa shape index (κ3) is 8.84. The second-order valence-electron chi connectivity index (χ2n) is 9.48. The monoisotopic (exact) mass is 477 g/mol. The molecule has 10 heteroatoms. The molecule has 2 amide bonds. The van der Waals surface area contributed by atoms with E-state index in [-0.39, 0.29) is 13.1 Å². The molecule has 0 radical (unpaired) electrons. The summed E-state index contributed by atoms with van der Waals surface area (Å²) in [6.45, 7) is 12.9. The van der Waals surface area contributed by atoms with Crippen molar-refractivity contribution in [3.05, 3.63) is 41.7 Å². The fourth-order valence-electron chi connectivity index (χ4n) is 2.78. The molecule has 2 heterocycles. The fraction of sp³-hybridized carbons (Fsp3) is 0.522. The number of ether oxygens (including phenoxy) is 2. The smallest absolute Gasteiger partial charge is 0.410 e. The average Bonchev–Trinajstić information content (AvgIpc) is 2.68. The molecule has 2 aromatic rings. The van der Waals surface area contributed by atoms with Crippen LogP contribution in [-0.4, -0.2) is 56.3 Å². The van der Waals surface area contributed by atoms with E-state index in [0.717, 1.165) is 11.1 Å². The highest BCUT2D eigenvalue weighted by molar-refractivity contribution is 6.29. The van der Waals surface area contributed by atoms with Crippen LogP contribution in [0.25, 0.3) is 11.1 Å². The van der Waals surface area contributed by atoms with Crippen molar-refractivity contribution < 1.29 is 19.1 Å². The highest BCUT2D eigenvalue weighted by Crippen LogP contribution is 2.23. The van der Waals surface area contributed by atoms with Gasteiger partial charge >= 0.3 is 12.2 Å². The molecule has 0 aliphatic carbocycles. The van der Waals surface area contributed by atoms with Gasteiger partial charge in [-0.15, -0.1) is 0 Å². The minimum Gasteiger partial charge on any atom is -0.444 e. The van der Waals surface area contributed by atoms with E-state index in [9.17, 15) is 9.59 Å². The number of carbonyl (C=O) groups is 2. The zero-order valence-corrected chi connectivity index (χ0v) is 20.9. The maximum atomic E-state index is 12.9. The van der Waals surface area contributed by atoms with Gasteiger partial charge in [0.1, 0.15) is 16.4 Å². The lowest BCUT2D eigenvalue weighted by molar-refractivity contribution is 0.0158. The first-order chi connectivity index (χ1) is 15.2. The molecule has 0 aliphatic rings. The van der Waals surface area contributed by atoms with Crippen molar-refractivity contribution in [2.24, 2.45) is 0 Å². The molecule has 0 bridgehead atoms. The minimum atomic E-state index is -0.682. The van der Waals surface area contributed by atoms with Crippen molar-refractivity contribution in [1.29, 1.82) is 0 Å². The maximum Gasteiger partial charge on any atom is 0.410 e. The third-order valence-corrected chi connectivity index (χ3v) is 4.43. The predicted octanol–water partition coefficient (Wildman–Crippen LogP) is 5.01. The molecule has 0 saturated heterocycles. The molecule has 2 aromatic heterocycles. The van der Waals surface area contributed by atoms with Crippen LogP contribution in [0.2, 0.25) is 5.15 Å². The van der Waals surface area contributed by atoms with Gasteiger partial charge in [0.05, 0.1) is 6.04 Å². The van der Waals surface area contributed by atoms with Crippen molar-refractivity contribution >= 4 is 23.8 Å². The van der Waals surface area contributed by atoms with E-state index in [1.54, 1.807) is 73.1 Å². The van der Waals surface area contributed by atoms with E-state index in [1.807, 2.05) is 6.07 Å². The molecule has 1 unspecified atom stereocenters. The SMILES string of the molecule is CC(c1ncc(-c2ccnc(Cl)c2)cn1)N(CCNC(=O)OC(C)(C)C)C(=O)OC(C)(C)C. The van der Waals surface area contributed by atoms with Crippen molar-refractivity contribution in [2.45, 2.75) is 65.7 Å². The zero-order valence-electron chi connectivity index (χ0n) is 20.2. The summed E-state index contributed by atoms with van der Waals surface area (Å²) in [5, 5.41) is 3.03. The summed E-state index contributed by atoms with van der Waals surface area (Å²) in [6, 6.07) is 3.03. The number of amides is 2. The van der Waals surface area contributed by atoms with Crippen LogP contribution in [0.4, 0.5) is 9.59 Å². The van der Waals surface area contributed by atoms with Gasteiger partial charge in [-0.3, -0.25) is 4.90 Å². The third-order valence-electron chi connectivity index (χ3n) is 4.22. The van der Waals surface area contributed by atoms with Gasteiger partial charge in [-0.05, 0) is 66.2 Å². The molecule has 9 nitrogen and oxygen atoms in total. The summed E-state index contributed by atoms with van der Waals surface area (Å²) in [6.07, 6.45) is 3.84. The lowest BCUT2D eigenvalue weighted by atomic mass is 10.1. The minimum absolute atomic E-state index is 0.173. The molecule has 0 aromatic carbocycles. The first-order valence-corrected chi connectivity index (χ1v) is 11.0. The number of pyridine rings is 1. The molecule has 0 saturated carbocycles. The molecule has 1 N–H and O–H groups in total. The van der Waals surface area contributed by atoms with Crippen LogP contribution in [0, 0.1) is 0 Å². The largest absolute Gasteiger partial charge is 0.444 e. The van der Waals surface area contributed by atoms with Gasteiger partial charge in [0, 0.05) is 37.2 Å². The number of halogens is 1.